The fourth-order valence-corrected chi connectivity index (χ4v) is 4.68. The molecule has 0 aromatic heterocycles. The molecule has 2 aliphatic rings. The van der Waals surface area contributed by atoms with Gasteiger partial charge in [-0.3, -0.25) is 4.79 Å². The summed E-state index contributed by atoms with van der Waals surface area (Å²) in [6.07, 6.45) is 3.83. The van der Waals surface area contributed by atoms with Crippen LogP contribution in [0.4, 0.5) is 5.69 Å². The van der Waals surface area contributed by atoms with Gasteiger partial charge in [-0.25, -0.2) is 13.1 Å². The molecule has 1 amide bonds. The molecule has 0 bridgehead atoms. The minimum atomic E-state index is -3.60. The van der Waals surface area contributed by atoms with E-state index in [1.54, 1.807) is 11.0 Å². The molecule has 1 saturated carbocycles. The SMILES string of the molecule is CC(=O)N1CCOc2ccc(S(=O)(=O)NC3CCC(C)CC3)cc21. The third-order valence-electron chi connectivity index (χ3n) is 4.82. The van der Waals surface area contributed by atoms with E-state index in [1.807, 2.05) is 0 Å². The van der Waals surface area contributed by atoms with Crippen LogP contribution in [-0.2, 0) is 14.8 Å². The standard InChI is InChI=1S/C17H24N2O4S/c1-12-3-5-14(6-4-12)18-24(21,22)15-7-8-17-16(11-15)19(13(2)20)9-10-23-17/h7-8,11-12,14,18H,3-6,9-10H2,1-2H3. The predicted octanol–water partition coefficient (Wildman–Crippen LogP) is 2.29. The van der Waals surface area contributed by atoms with E-state index in [1.165, 1.54) is 19.1 Å². The van der Waals surface area contributed by atoms with Gasteiger partial charge in [0.25, 0.3) is 0 Å². The molecule has 1 aromatic rings. The number of hydrogen-bond donors (Lipinski definition) is 1. The van der Waals surface area contributed by atoms with Crippen LogP contribution in [0.3, 0.4) is 0 Å². The van der Waals surface area contributed by atoms with Crippen molar-refractivity contribution >= 4 is 21.6 Å². The molecule has 0 unspecified atom stereocenters. The summed E-state index contributed by atoms with van der Waals surface area (Å²) in [6, 6.07) is 4.68. The number of anilines is 1. The molecule has 24 heavy (non-hydrogen) atoms. The van der Waals surface area contributed by atoms with Crippen molar-refractivity contribution in [3.05, 3.63) is 18.2 Å². The lowest BCUT2D eigenvalue weighted by Crippen LogP contribution is -2.38. The molecule has 0 atom stereocenters. The number of ether oxygens (including phenoxy) is 1. The number of nitrogens with zero attached hydrogens (tertiary/aromatic N) is 1. The van der Waals surface area contributed by atoms with E-state index >= 15 is 0 Å². The van der Waals surface area contributed by atoms with Crippen molar-refractivity contribution in [2.24, 2.45) is 5.92 Å². The van der Waals surface area contributed by atoms with Crippen molar-refractivity contribution in [3.8, 4) is 5.75 Å². The van der Waals surface area contributed by atoms with Crippen molar-refractivity contribution in [1.29, 1.82) is 0 Å². The van der Waals surface area contributed by atoms with Crippen LogP contribution in [0.25, 0.3) is 0 Å². The van der Waals surface area contributed by atoms with Crippen LogP contribution in [0.5, 0.6) is 5.75 Å². The molecule has 1 aromatic carbocycles. The summed E-state index contributed by atoms with van der Waals surface area (Å²) in [5.74, 6) is 1.08. The van der Waals surface area contributed by atoms with E-state index in [-0.39, 0.29) is 16.8 Å². The quantitative estimate of drug-likeness (QED) is 0.905. The third kappa shape index (κ3) is 3.57. The lowest BCUT2D eigenvalue weighted by molar-refractivity contribution is -0.116. The highest BCUT2D eigenvalue weighted by atomic mass is 32.2. The molecule has 1 heterocycles. The first kappa shape index (κ1) is 17.2. The number of amides is 1. The number of nitrogens with one attached hydrogen (secondary N) is 1. The lowest BCUT2D eigenvalue weighted by Gasteiger charge is -2.29. The first-order valence-electron chi connectivity index (χ1n) is 8.44. The van der Waals surface area contributed by atoms with E-state index in [0.29, 0.717) is 30.5 Å². The van der Waals surface area contributed by atoms with Gasteiger partial charge in [-0.2, -0.15) is 0 Å². The molecule has 1 aliphatic carbocycles. The minimum Gasteiger partial charge on any atom is -0.490 e. The first-order valence-corrected chi connectivity index (χ1v) is 9.92. The molecule has 7 heteroatoms. The second kappa shape index (κ2) is 6.72. The fourth-order valence-electron chi connectivity index (χ4n) is 3.36. The zero-order valence-corrected chi connectivity index (χ0v) is 14.9. The van der Waals surface area contributed by atoms with E-state index in [9.17, 15) is 13.2 Å². The number of carbonyl (C=O) groups is 1. The first-order chi connectivity index (χ1) is 11.4. The number of hydrogen-bond acceptors (Lipinski definition) is 4. The van der Waals surface area contributed by atoms with Gasteiger partial charge in [-0.15, -0.1) is 0 Å². The number of fused-ring (bicyclic) bond motifs is 1. The van der Waals surface area contributed by atoms with Crippen LogP contribution >= 0.6 is 0 Å². The molecular weight excluding hydrogens is 328 g/mol. The van der Waals surface area contributed by atoms with Crippen molar-refractivity contribution in [2.75, 3.05) is 18.1 Å². The van der Waals surface area contributed by atoms with Crippen molar-refractivity contribution in [1.82, 2.24) is 4.72 Å². The largest absolute Gasteiger partial charge is 0.490 e. The average Bonchev–Trinajstić information content (AvgIpc) is 2.55. The van der Waals surface area contributed by atoms with Crippen molar-refractivity contribution in [3.63, 3.8) is 0 Å². The Balaban J connectivity index is 1.83. The molecule has 132 valence electrons. The molecule has 3 rings (SSSR count). The van der Waals surface area contributed by atoms with Gasteiger partial charge in [0.2, 0.25) is 15.9 Å². The van der Waals surface area contributed by atoms with Crippen LogP contribution in [0, 0.1) is 5.92 Å². The fraction of sp³-hybridized carbons (Fsp3) is 0.588. The Morgan fingerprint density at radius 2 is 1.96 bits per heavy atom. The Labute approximate surface area is 143 Å². The van der Waals surface area contributed by atoms with Gasteiger partial charge in [0.1, 0.15) is 12.4 Å². The van der Waals surface area contributed by atoms with Crippen LogP contribution < -0.4 is 14.4 Å². The summed E-state index contributed by atoms with van der Waals surface area (Å²) in [6.45, 7) is 4.51. The number of sulfonamides is 1. The summed E-state index contributed by atoms with van der Waals surface area (Å²) in [7, 11) is -3.60. The zero-order chi connectivity index (χ0) is 17.3. The molecule has 0 radical (unpaired) electrons. The van der Waals surface area contributed by atoms with Crippen LogP contribution in [0.15, 0.2) is 23.1 Å². The molecule has 6 nitrogen and oxygen atoms in total. The maximum Gasteiger partial charge on any atom is 0.240 e. The molecule has 1 aliphatic heterocycles. The smallest absolute Gasteiger partial charge is 0.240 e. The minimum absolute atomic E-state index is 0.0117. The van der Waals surface area contributed by atoms with Crippen molar-refractivity contribution in [2.45, 2.75) is 50.5 Å². The zero-order valence-electron chi connectivity index (χ0n) is 14.1. The monoisotopic (exact) mass is 352 g/mol. The summed E-state index contributed by atoms with van der Waals surface area (Å²) in [4.78, 5) is 13.5. The maximum atomic E-state index is 12.7. The normalized spacial score (nSPS) is 24.2. The highest BCUT2D eigenvalue weighted by molar-refractivity contribution is 7.89. The third-order valence-corrected chi connectivity index (χ3v) is 6.34. The molecular formula is C17H24N2O4S. The van der Waals surface area contributed by atoms with Gasteiger partial charge in [0.15, 0.2) is 0 Å². The van der Waals surface area contributed by atoms with Crippen molar-refractivity contribution < 1.29 is 17.9 Å². The second-order valence-electron chi connectivity index (χ2n) is 6.73. The lowest BCUT2D eigenvalue weighted by atomic mass is 9.88. The van der Waals surface area contributed by atoms with Gasteiger partial charge in [0.05, 0.1) is 17.1 Å². The molecule has 1 fully saturated rings. The van der Waals surface area contributed by atoms with E-state index in [2.05, 4.69) is 11.6 Å². The topological polar surface area (TPSA) is 75.7 Å². The van der Waals surface area contributed by atoms with Crippen LogP contribution in [-0.4, -0.2) is 33.5 Å². The van der Waals surface area contributed by atoms with Crippen LogP contribution in [0.2, 0.25) is 0 Å². The molecule has 0 spiro atoms. The highest BCUT2D eigenvalue weighted by Gasteiger charge is 2.27. The summed E-state index contributed by atoms with van der Waals surface area (Å²) in [5.41, 5.74) is 0.522. The Hall–Kier alpha value is -1.60. The van der Waals surface area contributed by atoms with Gasteiger partial charge in [-0.1, -0.05) is 6.92 Å². The summed E-state index contributed by atoms with van der Waals surface area (Å²) >= 11 is 0. The van der Waals surface area contributed by atoms with E-state index < -0.39 is 10.0 Å². The number of benzene rings is 1. The Morgan fingerprint density at radius 3 is 2.62 bits per heavy atom. The summed E-state index contributed by atoms with van der Waals surface area (Å²) in [5, 5.41) is 0. The predicted molar refractivity (Wildman–Crippen MR) is 91.7 cm³/mol. The van der Waals surface area contributed by atoms with Crippen LogP contribution in [0.1, 0.15) is 39.5 Å². The van der Waals surface area contributed by atoms with E-state index in [0.717, 1.165) is 25.7 Å². The number of carbonyl (C=O) groups excluding carboxylic acids is 1. The number of rotatable bonds is 3. The van der Waals surface area contributed by atoms with Gasteiger partial charge >= 0.3 is 0 Å². The Morgan fingerprint density at radius 1 is 1.25 bits per heavy atom. The second-order valence-corrected chi connectivity index (χ2v) is 8.44. The van der Waals surface area contributed by atoms with Gasteiger partial charge in [-0.05, 0) is 49.8 Å². The Kier molecular flexibility index (Phi) is 4.83. The molecule has 0 saturated heterocycles. The van der Waals surface area contributed by atoms with E-state index in [4.69, 9.17) is 4.74 Å². The highest BCUT2D eigenvalue weighted by Crippen LogP contribution is 2.34. The average molecular weight is 352 g/mol. The maximum absolute atomic E-state index is 12.7. The van der Waals surface area contributed by atoms with Gasteiger partial charge in [0, 0.05) is 13.0 Å². The molecule has 1 N–H and O–H groups in total. The van der Waals surface area contributed by atoms with Gasteiger partial charge < -0.3 is 9.64 Å². The summed E-state index contributed by atoms with van der Waals surface area (Å²) < 4.78 is 33.7. The Bertz CT molecular complexity index is 724.